The molecule has 2 atom stereocenters. The van der Waals surface area contributed by atoms with Gasteiger partial charge < -0.3 is 4.90 Å². The first-order valence-electron chi connectivity index (χ1n) is 6.27. The van der Waals surface area contributed by atoms with Crippen LogP contribution in [0.1, 0.15) is 36.0 Å². The Morgan fingerprint density at radius 1 is 1.33 bits per heavy atom. The zero-order valence-corrected chi connectivity index (χ0v) is 11.2. The van der Waals surface area contributed by atoms with Gasteiger partial charge in [-0.15, -0.1) is 11.6 Å². The molecular weight excluding hydrogens is 253 g/mol. The molecule has 0 N–H and O–H groups in total. The Labute approximate surface area is 112 Å². The Bertz CT molecular complexity index is 438. The molecule has 1 saturated carbocycles. The number of benzene rings is 1. The van der Waals surface area contributed by atoms with E-state index in [-0.39, 0.29) is 22.9 Å². The molecular formula is C14H17ClFNO. The number of rotatable bonds is 2. The molecule has 1 fully saturated rings. The van der Waals surface area contributed by atoms with E-state index in [1.54, 1.807) is 24.1 Å². The van der Waals surface area contributed by atoms with Crippen molar-refractivity contribution in [3.8, 4) is 0 Å². The average Bonchev–Trinajstić information content (AvgIpc) is 2.38. The van der Waals surface area contributed by atoms with Gasteiger partial charge in [0.1, 0.15) is 5.82 Å². The Morgan fingerprint density at radius 3 is 2.67 bits per heavy atom. The maximum atomic E-state index is 13.6. The molecule has 4 heteroatoms. The second kappa shape index (κ2) is 5.70. The summed E-state index contributed by atoms with van der Waals surface area (Å²) < 4.78 is 13.6. The SMILES string of the molecule is CN(C(=O)c1ccccc1F)C1CCCCC1Cl. The van der Waals surface area contributed by atoms with E-state index in [1.807, 2.05) is 0 Å². The molecule has 1 aromatic rings. The second-order valence-corrected chi connectivity index (χ2v) is 5.32. The van der Waals surface area contributed by atoms with Crippen molar-refractivity contribution in [2.45, 2.75) is 37.1 Å². The zero-order valence-electron chi connectivity index (χ0n) is 10.4. The van der Waals surface area contributed by atoms with Crippen molar-refractivity contribution in [3.05, 3.63) is 35.6 Å². The fourth-order valence-corrected chi connectivity index (χ4v) is 2.93. The van der Waals surface area contributed by atoms with Gasteiger partial charge in [0.15, 0.2) is 0 Å². The zero-order chi connectivity index (χ0) is 13.1. The Hall–Kier alpha value is -1.09. The first kappa shape index (κ1) is 13.3. The van der Waals surface area contributed by atoms with Crippen LogP contribution in [0.4, 0.5) is 4.39 Å². The third kappa shape index (κ3) is 2.66. The minimum absolute atomic E-state index is 0.00697. The van der Waals surface area contributed by atoms with Crippen molar-refractivity contribution in [2.24, 2.45) is 0 Å². The van der Waals surface area contributed by atoms with Crippen LogP contribution in [-0.4, -0.2) is 29.3 Å². The van der Waals surface area contributed by atoms with Crippen LogP contribution in [-0.2, 0) is 0 Å². The minimum atomic E-state index is -0.476. The third-order valence-electron chi connectivity index (χ3n) is 3.57. The Kier molecular flexibility index (Phi) is 4.23. The molecule has 0 saturated heterocycles. The lowest BCUT2D eigenvalue weighted by Crippen LogP contribution is -2.44. The summed E-state index contributed by atoms with van der Waals surface area (Å²) in [5, 5.41) is -0.0283. The Balaban J connectivity index is 2.16. The molecule has 0 radical (unpaired) electrons. The minimum Gasteiger partial charge on any atom is -0.337 e. The van der Waals surface area contributed by atoms with Crippen molar-refractivity contribution in [1.29, 1.82) is 0 Å². The average molecular weight is 270 g/mol. The van der Waals surface area contributed by atoms with Crippen molar-refractivity contribution in [1.82, 2.24) is 4.90 Å². The molecule has 1 aromatic carbocycles. The summed E-state index contributed by atoms with van der Waals surface area (Å²) >= 11 is 6.26. The van der Waals surface area contributed by atoms with E-state index in [0.717, 1.165) is 25.7 Å². The summed E-state index contributed by atoms with van der Waals surface area (Å²) in [4.78, 5) is 13.8. The van der Waals surface area contributed by atoms with Gasteiger partial charge in [-0.25, -0.2) is 4.39 Å². The van der Waals surface area contributed by atoms with Crippen LogP contribution >= 0.6 is 11.6 Å². The van der Waals surface area contributed by atoms with Gasteiger partial charge in [-0.2, -0.15) is 0 Å². The molecule has 98 valence electrons. The molecule has 0 spiro atoms. The number of hydrogen-bond donors (Lipinski definition) is 0. The van der Waals surface area contributed by atoms with Gasteiger partial charge in [-0.3, -0.25) is 4.79 Å². The van der Waals surface area contributed by atoms with E-state index in [4.69, 9.17) is 11.6 Å². The maximum Gasteiger partial charge on any atom is 0.256 e. The van der Waals surface area contributed by atoms with E-state index >= 15 is 0 Å². The highest BCUT2D eigenvalue weighted by Crippen LogP contribution is 2.27. The number of alkyl halides is 1. The van der Waals surface area contributed by atoms with Crippen LogP contribution in [0, 0.1) is 5.82 Å². The lowest BCUT2D eigenvalue weighted by Gasteiger charge is -2.35. The van der Waals surface area contributed by atoms with E-state index in [9.17, 15) is 9.18 Å². The number of amides is 1. The van der Waals surface area contributed by atoms with Gasteiger partial charge in [0.25, 0.3) is 5.91 Å². The molecule has 1 aliphatic rings. The van der Waals surface area contributed by atoms with E-state index < -0.39 is 5.82 Å². The van der Waals surface area contributed by atoms with Crippen molar-refractivity contribution < 1.29 is 9.18 Å². The van der Waals surface area contributed by atoms with Crippen molar-refractivity contribution >= 4 is 17.5 Å². The summed E-state index contributed by atoms with van der Waals surface area (Å²) in [5.74, 6) is -0.762. The van der Waals surface area contributed by atoms with Gasteiger partial charge in [0.05, 0.1) is 10.9 Å². The molecule has 0 bridgehead atoms. The highest BCUT2D eigenvalue weighted by molar-refractivity contribution is 6.21. The van der Waals surface area contributed by atoms with Gasteiger partial charge in [0.2, 0.25) is 0 Å². The monoisotopic (exact) mass is 269 g/mol. The number of hydrogen-bond acceptors (Lipinski definition) is 1. The third-order valence-corrected chi connectivity index (χ3v) is 4.08. The van der Waals surface area contributed by atoms with Crippen LogP contribution in [0.15, 0.2) is 24.3 Å². The molecule has 1 aliphatic carbocycles. The van der Waals surface area contributed by atoms with Crippen LogP contribution in [0.2, 0.25) is 0 Å². The standard InChI is InChI=1S/C14H17ClFNO/c1-17(13-9-5-3-7-11(13)15)14(18)10-6-2-4-8-12(10)16/h2,4,6,8,11,13H,3,5,7,9H2,1H3. The quantitative estimate of drug-likeness (QED) is 0.753. The molecule has 0 aliphatic heterocycles. The normalized spacial score (nSPS) is 23.7. The van der Waals surface area contributed by atoms with Crippen LogP contribution in [0.25, 0.3) is 0 Å². The second-order valence-electron chi connectivity index (χ2n) is 4.76. The van der Waals surface area contributed by atoms with Gasteiger partial charge in [0, 0.05) is 13.1 Å². The summed E-state index contributed by atoms with van der Waals surface area (Å²) in [6.07, 6.45) is 3.99. The van der Waals surface area contributed by atoms with Crippen molar-refractivity contribution in [3.63, 3.8) is 0 Å². The van der Waals surface area contributed by atoms with Gasteiger partial charge >= 0.3 is 0 Å². The lowest BCUT2D eigenvalue weighted by atomic mass is 9.93. The summed E-state index contributed by atoms with van der Waals surface area (Å²) in [6.45, 7) is 0. The van der Waals surface area contributed by atoms with E-state index in [2.05, 4.69) is 0 Å². The van der Waals surface area contributed by atoms with E-state index in [0.29, 0.717) is 0 Å². The molecule has 1 amide bonds. The predicted molar refractivity (Wildman–Crippen MR) is 70.4 cm³/mol. The van der Waals surface area contributed by atoms with Gasteiger partial charge in [-0.1, -0.05) is 25.0 Å². The highest BCUT2D eigenvalue weighted by Gasteiger charge is 2.30. The fraction of sp³-hybridized carbons (Fsp3) is 0.500. The fourth-order valence-electron chi connectivity index (χ4n) is 2.48. The predicted octanol–water partition coefficient (Wildman–Crippen LogP) is 3.45. The van der Waals surface area contributed by atoms with Crippen molar-refractivity contribution in [2.75, 3.05) is 7.05 Å². The lowest BCUT2D eigenvalue weighted by molar-refractivity contribution is 0.0695. The number of carbonyl (C=O) groups is 1. The number of halogens is 2. The van der Waals surface area contributed by atoms with E-state index in [1.165, 1.54) is 12.1 Å². The van der Waals surface area contributed by atoms with Gasteiger partial charge in [-0.05, 0) is 25.0 Å². The molecule has 0 heterocycles. The smallest absolute Gasteiger partial charge is 0.256 e. The first-order chi connectivity index (χ1) is 8.61. The maximum absolute atomic E-state index is 13.6. The molecule has 0 aromatic heterocycles. The van der Waals surface area contributed by atoms with Crippen LogP contribution in [0.3, 0.4) is 0 Å². The first-order valence-corrected chi connectivity index (χ1v) is 6.70. The largest absolute Gasteiger partial charge is 0.337 e. The summed E-state index contributed by atoms with van der Waals surface area (Å²) in [5.41, 5.74) is 0.120. The number of nitrogens with zero attached hydrogens (tertiary/aromatic N) is 1. The van der Waals surface area contributed by atoms with Crippen LogP contribution in [0.5, 0.6) is 0 Å². The molecule has 2 unspecified atom stereocenters. The summed E-state index contributed by atoms with van der Waals surface area (Å²) in [7, 11) is 1.71. The highest BCUT2D eigenvalue weighted by atomic mass is 35.5. The topological polar surface area (TPSA) is 20.3 Å². The number of carbonyl (C=O) groups excluding carboxylic acids is 1. The summed E-state index contributed by atoms with van der Waals surface area (Å²) in [6, 6.07) is 6.08. The molecule has 18 heavy (non-hydrogen) atoms. The van der Waals surface area contributed by atoms with Crippen LogP contribution < -0.4 is 0 Å². The molecule has 2 rings (SSSR count). The Morgan fingerprint density at radius 2 is 2.00 bits per heavy atom. The molecule has 2 nitrogen and oxygen atoms in total.